The van der Waals surface area contributed by atoms with E-state index in [1.165, 1.54) is 36.6 Å². The van der Waals surface area contributed by atoms with Crippen molar-refractivity contribution in [3.8, 4) is 0 Å². The van der Waals surface area contributed by atoms with Crippen molar-refractivity contribution in [3.63, 3.8) is 0 Å². The van der Waals surface area contributed by atoms with Crippen LogP contribution in [0.3, 0.4) is 0 Å². The fourth-order valence-electron chi connectivity index (χ4n) is 4.55. The van der Waals surface area contributed by atoms with Crippen LogP contribution in [0.5, 0.6) is 0 Å². The number of para-hydroxylation sites is 1. The molecular formula is C28H30FN3O6S. The Morgan fingerprint density at radius 3 is 2.44 bits per heavy atom. The highest BCUT2D eigenvalue weighted by molar-refractivity contribution is 7.89. The Morgan fingerprint density at radius 1 is 1.10 bits per heavy atom. The number of sulfonamides is 1. The zero-order valence-corrected chi connectivity index (χ0v) is 22.6. The molecule has 39 heavy (non-hydrogen) atoms. The molecule has 0 aliphatic carbocycles. The molecule has 0 N–H and O–H groups in total. The number of esters is 1. The summed E-state index contributed by atoms with van der Waals surface area (Å²) in [5.74, 6) is -1.45. The lowest BCUT2D eigenvalue weighted by Crippen LogP contribution is -2.45. The number of methoxy groups -OCH3 is 1. The second-order valence-corrected chi connectivity index (χ2v) is 11.0. The van der Waals surface area contributed by atoms with Crippen molar-refractivity contribution in [1.29, 1.82) is 0 Å². The minimum Gasteiger partial charge on any atom is -0.469 e. The van der Waals surface area contributed by atoms with E-state index in [0.717, 1.165) is 0 Å². The summed E-state index contributed by atoms with van der Waals surface area (Å²) in [5, 5.41) is 3.83. The number of hydrogen-bond acceptors (Lipinski definition) is 7. The third kappa shape index (κ3) is 6.43. The standard InChI is InChI=1S/C28H30FN3O6S/c1-20-27(25(38-30-20)13-12-21-8-6-7-11-24(21)29)39(35,36)31-17-14-22(15-18-31)28(34)32(19-16-26(33)37-2)23-9-4-3-5-10-23/h3-13,22H,14-19H2,1-2H3. The van der Waals surface area contributed by atoms with Gasteiger partial charge in [0.1, 0.15) is 11.5 Å². The normalized spacial score (nSPS) is 14.9. The zero-order valence-electron chi connectivity index (χ0n) is 21.7. The summed E-state index contributed by atoms with van der Waals surface area (Å²) in [6.07, 6.45) is 3.49. The van der Waals surface area contributed by atoms with E-state index in [-0.39, 0.29) is 53.9 Å². The number of aryl methyl sites for hydroxylation is 1. The van der Waals surface area contributed by atoms with Crippen LogP contribution >= 0.6 is 0 Å². The van der Waals surface area contributed by atoms with Gasteiger partial charge >= 0.3 is 5.97 Å². The summed E-state index contributed by atoms with van der Waals surface area (Å²) >= 11 is 0. The maximum Gasteiger partial charge on any atom is 0.307 e. The number of carbonyl (C=O) groups is 2. The first-order valence-corrected chi connectivity index (χ1v) is 14.0. The van der Waals surface area contributed by atoms with E-state index < -0.39 is 27.7 Å². The molecule has 11 heteroatoms. The first-order chi connectivity index (χ1) is 18.7. The number of benzene rings is 2. The van der Waals surface area contributed by atoms with Gasteiger partial charge in [-0.05, 0) is 50.1 Å². The fraction of sp³-hybridized carbons (Fsp3) is 0.321. The van der Waals surface area contributed by atoms with Crippen LogP contribution in [-0.4, -0.2) is 56.5 Å². The van der Waals surface area contributed by atoms with E-state index in [2.05, 4.69) is 5.16 Å². The van der Waals surface area contributed by atoms with E-state index >= 15 is 0 Å². The zero-order chi connectivity index (χ0) is 28.0. The maximum absolute atomic E-state index is 14.0. The van der Waals surface area contributed by atoms with Crippen LogP contribution in [0.4, 0.5) is 10.1 Å². The number of carbonyl (C=O) groups excluding carboxylic acids is 2. The third-order valence-corrected chi connectivity index (χ3v) is 8.71. The Labute approximate surface area is 226 Å². The van der Waals surface area contributed by atoms with Crippen molar-refractivity contribution >= 4 is 39.7 Å². The van der Waals surface area contributed by atoms with Gasteiger partial charge in [-0.2, -0.15) is 4.31 Å². The van der Waals surface area contributed by atoms with Gasteiger partial charge in [-0.15, -0.1) is 0 Å². The Bertz CT molecular complexity index is 1450. The molecule has 3 aromatic rings. The molecule has 2 aromatic carbocycles. The molecule has 0 spiro atoms. The van der Waals surface area contributed by atoms with E-state index in [0.29, 0.717) is 18.5 Å². The van der Waals surface area contributed by atoms with Gasteiger partial charge in [0, 0.05) is 36.8 Å². The molecule has 2 heterocycles. The lowest BCUT2D eigenvalue weighted by Gasteiger charge is -2.33. The van der Waals surface area contributed by atoms with Crippen molar-refractivity contribution in [2.75, 3.05) is 31.6 Å². The lowest BCUT2D eigenvalue weighted by atomic mass is 9.96. The summed E-state index contributed by atoms with van der Waals surface area (Å²) in [7, 11) is -2.70. The largest absolute Gasteiger partial charge is 0.469 e. The highest BCUT2D eigenvalue weighted by atomic mass is 32.2. The second-order valence-electron chi connectivity index (χ2n) is 9.15. The molecule has 1 aliphatic rings. The van der Waals surface area contributed by atoms with Crippen LogP contribution in [-0.2, 0) is 24.3 Å². The first kappa shape index (κ1) is 28.2. The minimum atomic E-state index is -3.99. The predicted octanol–water partition coefficient (Wildman–Crippen LogP) is 4.29. The van der Waals surface area contributed by atoms with Crippen molar-refractivity contribution in [3.05, 3.63) is 77.4 Å². The number of ether oxygens (including phenoxy) is 1. The van der Waals surface area contributed by atoms with Crippen LogP contribution in [0.2, 0.25) is 0 Å². The number of rotatable bonds is 9. The smallest absolute Gasteiger partial charge is 0.307 e. The SMILES string of the molecule is COC(=O)CCN(C(=O)C1CCN(S(=O)(=O)c2c(C)noc2C=Cc2ccccc2F)CC1)c1ccccc1. The number of anilines is 1. The lowest BCUT2D eigenvalue weighted by molar-refractivity contribution is -0.140. The molecule has 9 nitrogen and oxygen atoms in total. The molecule has 0 bridgehead atoms. The molecule has 1 aromatic heterocycles. The molecule has 0 unspecified atom stereocenters. The van der Waals surface area contributed by atoms with Crippen LogP contribution in [0.15, 0.2) is 64.0 Å². The van der Waals surface area contributed by atoms with Crippen molar-refractivity contribution in [2.45, 2.75) is 31.1 Å². The van der Waals surface area contributed by atoms with E-state index in [4.69, 9.17) is 9.26 Å². The highest BCUT2D eigenvalue weighted by Crippen LogP contribution is 2.31. The second kappa shape index (κ2) is 12.4. The molecule has 0 radical (unpaired) electrons. The monoisotopic (exact) mass is 555 g/mol. The van der Waals surface area contributed by atoms with Crippen molar-refractivity contribution < 1.29 is 31.7 Å². The number of halogens is 1. The molecule has 4 rings (SSSR count). The minimum absolute atomic E-state index is 0.00650. The molecule has 1 aliphatic heterocycles. The van der Waals surface area contributed by atoms with Crippen LogP contribution < -0.4 is 4.90 Å². The number of amides is 1. The third-order valence-electron chi connectivity index (χ3n) is 6.65. The van der Waals surface area contributed by atoms with Crippen LogP contribution in [0.1, 0.15) is 36.3 Å². The molecule has 1 saturated heterocycles. The summed E-state index contributed by atoms with van der Waals surface area (Å²) in [4.78, 5) is 26.7. The van der Waals surface area contributed by atoms with Gasteiger partial charge in [-0.25, -0.2) is 12.8 Å². The highest BCUT2D eigenvalue weighted by Gasteiger charge is 2.37. The molecule has 0 saturated carbocycles. The number of nitrogens with zero attached hydrogens (tertiary/aromatic N) is 3. The fourth-order valence-corrected chi connectivity index (χ4v) is 6.27. The summed E-state index contributed by atoms with van der Waals surface area (Å²) in [6.45, 7) is 1.94. The average Bonchev–Trinajstić information content (AvgIpc) is 3.34. The number of hydrogen-bond donors (Lipinski definition) is 0. The summed E-state index contributed by atoms with van der Waals surface area (Å²) in [5.41, 5.74) is 1.14. The van der Waals surface area contributed by atoms with E-state index in [1.54, 1.807) is 35.2 Å². The van der Waals surface area contributed by atoms with E-state index in [9.17, 15) is 22.4 Å². The van der Waals surface area contributed by atoms with Gasteiger partial charge in [0.25, 0.3) is 0 Å². The first-order valence-electron chi connectivity index (χ1n) is 12.5. The quantitative estimate of drug-likeness (QED) is 0.362. The Morgan fingerprint density at radius 2 is 1.77 bits per heavy atom. The van der Waals surface area contributed by atoms with Gasteiger partial charge < -0.3 is 14.2 Å². The van der Waals surface area contributed by atoms with E-state index in [1.807, 2.05) is 18.2 Å². The van der Waals surface area contributed by atoms with Crippen LogP contribution in [0, 0.1) is 18.7 Å². The molecule has 206 valence electrons. The van der Waals surface area contributed by atoms with Crippen LogP contribution in [0.25, 0.3) is 12.2 Å². The summed E-state index contributed by atoms with van der Waals surface area (Å²) in [6, 6.07) is 15.1. The molecule has 0 atom stereocenters. The number of piperidine rings is 1. The number of aromatic nitrogens is 1. The summed E-state index contributed by atoms with van der Waals surface area (Å²) < 4.78 is 52.5. The van der Waals surface area contributed by atoms with Gasteiger partial charge in [-0.1, -0.05) is 41.6 Å². The average molecular weight is 556 g/mol. The van der Waals surface area contributed by atoms with Gasteiger partial charge in [0.2, 0.25) is 15.9 Å². The topological polar surface area (TPSA) is 110 Å². The molecule has 1 fully saturated rings. The molecular weight excluding hydrogens is 525 g/mol. The Kier molecular flexibility index (Phi) is 8.93. The van der Waals surface area contributed by atoms with Gasteiger partial charge in [0.15, 0.2) is 10.7 Å². The van der Waals surface area contributed by atoms with Crippen molar-refractivity contribution in [2.24, 2.45) is 5.92 Å². The van der Waals surface area contributed by atoms with Gasteiger partial charge in [-0.3, -0.25) is 9.59 Å². The van der Waals surface area contributed by atoms with Crippen molar-refractivity contribution in [1.82, 2.24) is 9.46 Å². The molecule has 1 amide bonds. The Balaban J connectivity index is 1.48. The Hall–Kier alpha value is -3.83. The maximum atomic E-state index is 14.0. The van der Waals surface area contributed by atoms with Gasteiger partial charge in [0.05, 0.1) is 13.5 Å². The predicted molar refractivity (Wildman–Crippen MR) is 143 cm³/mol.